The highest BCUT2D eigenvalue weighted by atomic mass is 19.4. The predicted octanol–water partition coefficient (Wildman–Crippen LogP) is 2.86. The van der Waals surface area contributed by atoms with E-state index in [1.165, 1.54) is 22.9 Å². The number of aryl methyl sites for hydroxylation is 3. The van der Waals surface area contributed by atoms with E-state index >= 15 is 0 Å². The highest BCUT2D eigenvalue weighted by Crippen LogP contribution is 2.29. The van der Waals surface area contributed by atoms with Crippen molar-refractivity contribution < 1.29 is 17.7 Å². The predicted molar refractivity (Wildman–Crippen MR) is 81.7 cm³/mol. The number of alkyl halides is 3. The minimum absolute atomic E-state index is 0.165. The van der Waals surface area contributed by atoms with E-state index < -0.39 is 12.1 Å². The lowest BCUT2D eigenvalue weighted by atomic mass is 10.1. The Morgan fingerprint density at radius 3 is 2.72 bits per heavy atom. The minimum atomic E-state index is -4.72. The summed E-state index contributed by atoms with van der Waals surface area (Å²) in [4.78, 5) is 19.5. The molecule has 0 aromatic carbocycles. The fourth-order valence-corrected chi connectivity index (χ4v) is 2.29. The van der Waals surface area contributed by atoms with Crippen LogP contribution in [0, 0.1) is 6.92 Å². The van der Waals surface area contributed by atoms with Crippen LogP contribution < -0.4 is 5.56 Å². The second-order valence-electron chi connectivity index (χ2n) is 5.42. The van der Waals surface area contributed by atoms with Gasteiger partial charge < -0.3 is 9.09 Å². The molecule has 130 valence electrons. The third kappa shape index (κ3) is 3.76. The number of rotatable bonds is 4. The Morgan fingerprint density at radius 1 is 1.28 bits per heavy atom. The largest absolute Gasteiger partial charge is 0.471 e. The Bertz CT molecular complexity index is 947. The zero-order valence-corrected chi connectivity index (χ0v) is 13.1. The van der Waals surface area contributed by atoms with Crippen molar-refractivity contribution >= 4 is 0 Å². The first-order valence-electron chi connectivity index (χ1n) is 7.36. The van der Waals surface area contributed by atoms with Crippen molar-refractivity contribution in [3.8, 4) is 11.4 Å². The second kappa shape index (κ2) is 6.50. The van der Waals surface area contributed by atoms with E-state index in [2.05, 4.69) is 19.6 Å². The molecule has 0 N–H and O–H groups in total. The summed E-state index contributed by atoms with van der Waals surface area (Å²) < 4.78 is 43.1. The zero-order chi connectivity index (χ0) is 18.0. The second-order valence-corrected chi connectivity index (χ2v) is 5.42. The first-order chi connectivity index (χ1) is 11.8. The highest BCUT2D eigenvalue weighted by Gasteiger charge is 2.38. The van der Waals surface area contributed by atoms with Gasteiger partial charge in [0.05, 0.1) is 0 Å². The SMILES string of the molecule is Cc1ccncc1CCn1ccc(-c2noc(C(F)(F)F)n2)cc1=O. The molecular formula is C16H13F3N4O2. The van der Waals surface area contributed by atoms with Gasteiger partial charge in [-0.05, 0) is 36.6 Å². The standard InChI is InChI=1S/C16H13F3N4O2/c1-10-2-5-20-9-12(10)4-7-23-6-3-11(8-13(23)24)14-21-15(25-22-14)16(17,18)19/h2-3,5-6,8-9H,4,7H2,1H3. The van der Waals surface area contributed by atoms with Gasteiger partial charge in [0.2, 0.25) is 5.82 Å². The summed E-state index contributed by atoms with van der Waals surface area (Å²) in [5.74, 6) is -1.72. The van der Waals surface area contributed by atoms with Crippen LogP contribution in [-0.4, -0.2) is 19.7 Å². The van der Waals surface area contributed by atoms with Crippen LogP contribution in [0.4, 0.5) is 13.2 Å². The molecule has 0 aliphatic carbocycles. The molecule has 3 heterocycles. The third-order valence-electron chi connectivity index (χ3n) is 3.69. The van der Waals surface area contributed by atoms with E-state index in [1.807, 2.05) is 13.0 Å². The summed E-state index contributed by atoms with van der Waals surface area (Å²) in [7, 11) is 0. The lowest BCUT2D eigenvalue weighted by molar-refractivity contribution is -0.159. The summed E-state index contributed by atoms with van der Waals surface area (Å²) >= 11 is 0. The molecule has 6 nitrogen and oxygen atoms in total. The van der Waals surface area contributed by atoms with E-state index in [0.29, 0.717) is 13.0 Å². The Kier molecular flexibility index (Phi) is 4.39. The first-order valence-corrected chi connectivity index (χ1v) is 7.36. The molecule has 0 spiro atoms. The van der Waals surface area contributed by atoms with E-state index in [-0.39, 0.29) is 16.9 Å². The van der Waals surface area contributed by atoms with Crippen molar-refractivity contribution in [1.29, 1.82) is 0 Å². The fraction of sp³-hybridized carbons (Fsp3) is 0.250. The normalized spacial score (nSPS) is 11.7. The molecule has 0 atom stereocenters. The Hall–Kier alpha value is -2.97. The topological polar surface area (TPSA) is 73.8 Å². The van der Waals surface area contributed by atoms with Crippen LogP contribution >= 0.6 is 0 Å². The molecule has 0 aliphatic rings. The van der Waals surface area contributed by atoms with Crippen molar-refractivity contribution in [1.82, 2.24) is 19.7 Å². The quantitative estimate of drug-likeness (QED) is 0.723. The number of pyridine rings is 2. The van der Waals surface area contributed by atoms with Gasteiger partial charge in [-0.3, -0.25) is 9.78 Å². The summed E-state index contributed by atoms with van der Waals surface area (Å²) in [6, 6.07) is 4.54. The molecule has 3 aromatic heterocycles. The van der Waals surface area contributed by atoms with Gasteiger partial charge in [-0.1, -0.05) is 5.16 Å². The lowest BCUT2D eigenvalue weighted by Gasteiger charge is -2.07. The van der Waals surface area contributed by atoms with Crippen LogP contribution in [0.5, 0.6) is 0 Å². The summed E-state index contributed by atoms with van der Waals surface area (Å²) in [6.07, 6.45) is 0.820. The third-order valence-corrected chi connectivity index (χ3v) is 3.69. The molecule has 25 heavy (non-hydrogen) atoms. The summed E-state index contributed by atoms with van der Waals surface area (Å²) in [5.41, 5.74) is 1.90. The average molecular weight is 350 g/mol. The Balaban J connectivity index is 1.78. The molecule has 3 aromatic rings. The van der Waals surface area contributed by atoms with Crippen molar-refractivity contribution in [3.63, 3.8) is 0 Å². The fourth-order valence-electron chi connectivity index (χ4n) is 2.29. The van der Waals surface area contributed by atoms with Gasteiger partial charge in [-0.15, -0.1) is 0 Å². The van der Waals surface area contributed by atoms with Gasteiger partial charge in [0, 0.05) is 36.8 Å². The molecular weight excluding hydrogens is 337 g/mol. The van der Waals surface area contributed by atoms with Crippen LogP contribution in [0.25, 0.3) is 11.4 Å². The molecule has 0 saturated carbocycles. The number of nitrogens with zero attached hydrogens (tertiary/aromatic N) is 4. The molecule has 0 bridgehead atoms. The summed E-state index contributed by atoms with van der Waals surface area (Å²) in [5, 5.41) is 3.27. The Morgan fingerprint density at radius 2 is 2.08 bits per heavy atom. The van der Waals surface area contributed by atoms with Crippen LogP contribution in [0.1, 0.15) is 17.0 Å². The van der Waals surface area contributed by atoms with Gasteiger partial charge in [0.15, 0.2) is 0 Å². The van der Waals surface area contributed by atoms with Crippen LogP contribution in [0.15, 0.2) is 46.1 Å². The number of halogens is 3. The minimum Gasteiger partial charge on any atom is -0.329 e. The van der Waals surface area contributed by atoms with Gasteiger partial charge in [0.25, 0.3) is 5.56 Å². The number of aromatic nitrogens is 4. The molecule has 0 unspecified atom stereocenters. The molecule has 0 radical (unpaired) electrons. The summed E-state index contributed by atoms with van der Waals surface area (Å²) in [6.45, 7) is 2.38. The van der Waals surface area contributed by atoms with Gasteiger partial charge in [0.1, 0.15) is 0 Å². The maximum absolute atomic E-state index is 12.5. The zero-order valence-electron chi connectivity index (χ0n) is 13.1. The van der Waals surface area contributed by atoms with Crippen molar-refractivity contribution in [2.45, 2.75) is 26.1 Å². The lowest BCUT2D eigenvalue weighted by Crippen LogP contribution is -2.20. The molecule has 0 fully saturated rings. The van der Waals surface area contributed by atoms with E-state index in [0.717, 1.165) is 11.1 Å². The van der Waals surface area contributed by atoms with E-state index in [4.69, 9.17) is 0 Å². The molecule has 3 rings (SSSR count). The maximum Gasteiger partial charge on any atom is 0.471 e. The van der Waals surface area contributed by atoms with E-state index in [1.54, 1.807) is 12.4 Å². The van der Waals surface area contributed by atoms with E-state index in [9.17, 15) is 18.0 Å². The molecule has 0 aliphatic heterocycles. The van der Waals surface area contributed by atoms with Gasteiger partial charge >= 0.3 is 12.1 Å². The van der Waals surface area contributed by atoms with Gasteiger partial charge in [-0.25, -0.2) is 0 Å². The highest BCUT2D eigenvalue weighted by molar-refractivity contribution is 5.52. The Labute approximate surface area is 139 Å². The average Bonchev–Trinajstić information content (AvgIpc) is 3.05. The van der Waals surface area contributed by atoms with Crippen LogP contribution in [0.3, 0.4) is 0 Å². The van der Waals surface area contributed by atoms with Crippen molar-refractivity contribution in [2.75, 3.05) is 0 Å². The smallest absolute Gasteiger partial charge is 0.329 e. The van der Waals surface area contributed by atoms with Crippen LogP contribution in [0.2, 0.25) is 0 Å². The first kappa shape index (κ1) is 16.9. The molecule has 0 amide bonds. The number of hydrogen-bond donors (Lipinski definition) is 0. The van der Waals surface area contributed by atoms with Gasteiger partial charge in [-0.2, -0.15) is 18.2 Å². The van der Waals surface area contributed by atoms with Crippen LogP contribution in [-0.2, 0) is 19.1 Å². The van der Waals surface area contributed by atoms with Crippen molar-refractivity contribution in [3.05, 3.63) is 64.2 Å². The molecule has 9 heteroatoms. The monoisotopic (exact) mass is 350 g/mol. The molecule has 0 saturated heterocycles. The maximum atomic E-state index is 12.5. The van der Waals surface area contributed by atoms with Crippen molar-refractivity contribution in [2.24, 2.45) is 0 Å². The number of hydrogen-bond acceptors (Lipinski definition) is 5.